The second-order valence-corrected chi connectivity index (χ2v) is 8.39. The molecule has 6 nitrogen and oxygen atoms in total. The highest BCUT2D eigenvalue weighted by Gasteiger charge is 2.21. The molecule has 0 aliphatic heterocycles. The number of hydrogen-bond donors (Lipinski definition) is 1. The minimum atomic E-state index is -0.648. The molecular formula is C23H19ClN2O4S. The van der Waals surface area contributed by atoms with E-state index in [1.165, 1.54) is 24.5 Å². The third kappa shape index (κ3) is 5.23. The summed E-state index contributed by atoms with van der Waals surface area (Å²) < 4.78 is 10.5. The van der Waals surface area contributed by atoms with Crippen LogP contribution in [0.5, 0.6) is 0 Å². The van der Waals surface area contributed by atoms with E-state index in [1.807, 2.05) is 26.0 Å². The van der Waals surface area contributed by atoms with Crippen LogP contribution in [-0.4, -0.2) is 19.0 Å². The highest BCUT2D eigenvalue weighted by Crippen LogP contribution is 2.34. The topological polar surface area (TPSA) is 92.3 Å². The number of anilines is 1. The van der Waals surface area contributed by atoms with Crippen molar-refractivity contribution in [2.45, 2.75) is 19.8 Å². The number of nitrogens with one attached hydrogen (secondary N) is 1. The van der Waals surface area contributed by atoms with Gasteiger partial charge in [0.2, 0.25) is 0 Å². The van der Waals surface area contributed by atoms with Crippen LogP contribution < -0.4 is 5.32 Å². The third-order valence-electron chi connectivity index (χ3n) is 4.34. The van der Waals surface area contributed by atoms with Crippen LogP contribution in [0.3, 0.4) is 0 Å². The first-order chi connectivity index (χ1) is 14.8. The zero-order valence-corrected chi connectivity index (χ0v) is 18.6. The molecule has 0 radical (unpaired) electrons. The summed E-state index contributed by atoms with van der Waals surface area (Å²) in [5.74, 6) is -0.148. The van der Waals surface area contributed by atoms with Gasteiger partial charge in [0.25, 0.3) is 5.91 Å². The van der Waals surface area contributed by atoms with Gasteiger partial charge in [-0.3, -0.25) is 4.79 Å². The molecule has 0 atom stereocenters. The van der Waals surface area contributed by atoms with Gasteiger partial charge >= 0.3 is 5.97 Å². The maximum Gasteiger partial charge on any atom is 0.340 e. The van der Waals surface area contributed by atoms with E-state index in [0.29, 0.717) is 21.5 Å². The number of hydrogen-bond acceptors (Lipinski definition) is 6. The number of carbonyl (C=O) groups is 2. The third-order valence-corrected chi connectivity index (χ3v) is 5.93. The monoisotopic (exact) mass is 454 g/mol. The zero-order valence-electron chi connectivity index (χ0n) is 17.1. The van der Waals surface area contributed by atoms with E-state index in [1.54, 1.807) is 36.4 Å². The fourth-order valence-corrected chi connectivity index (χ4v) is 3.97. The van der Waals surface area contributed by atoms with Gasteiger partial charge in [-0.25, -0.2) is 4.79 Å². The van der Waals surface area contributed by atoms with Gasteiger partial charge < -0.3 is 14.5 Å². The van der Waals surface area contributed by atoms with Crippen molar-refractivity contribution in [2.24, 2.45) is 0 Å². The number of halogens is 1. The summed E-state index contributed by atoms with van der Waals surface area (Å²) >= 11 is 7.28. The summed E-state index contributed by atoms with van der Waals surface area (Å²) in [5.41, 5.74) is 0.864. The van der Waals surface area contributed by atoms with E-state index >= 15 is 0 Å². The van der Waals surface area contributed by atoms with Crippen molar-refractivity contribution >= 4 is 45.9 Å². The Morgan fingerprint density at radius 3 is 2.68 bits per heavy atom. The van der Waals surface area contributed by atoms with Gasteiger partial charge in [0, 0.05) is 21.5 Å². The molecule has 158 valence electrons. The lowest BCUT2D eigenvalue weighted by Gasteiger charge is -2.04. The zero-order chi connectivity index (χ0) is 22.5. The average Bonchev–Trinajstić information content (AvgIpc) is 3.38. The molecule has 31 heavy (non-hydrogen) atoms. The number of methoxy groups -OCH3 is 1. The molecule has 0 bridgehead atoms. The SMILES string of the molecule is COC(=O)c1cc(C(C)C)sc1NC(=O)/C(C#N)=C/c1ccc(-c2cccc(Cl)c2)o1. The van der Waals surface area contributed by atoms with Gasteiger partial charge in [0.05, 0.1) is 12.7 Å². The number of amides is 1. The minimum absolute atomic E-state index is 0.165. The van der Waals surface area contributed by atoms with Crippen molar-refractivity contribution in [2.75, 3.05) is 12.4 Å². The molecule has 8 heteroatoms. The van der Waals surface area contributed by atoms with Crippen molar-refractivity contribution in [3.05, 3.63) is 69.3 Å². The molecule has 1 aromatic carbocycles. The summed E-state index contributed by atoms with van der Waals surface area (Å²) in [7, 11) is 1.27. The lowest BCUT2D eigenvalue weighted by molar-refractivity contribution is -0.112. The molecule has 3 aromatic rings. The van der Waals surface area contributed by atoms with E-state index in [2.05, 4.69) is 5.32 Å². The molecule has 0 aliphatic carbocycles. The highest BCUT2D eigenvalue weighted by molar-refractivity contribution is 7.16. The number of rotatable bonds is 6. The number of nitrogens with zero attached hydrogens (tertiary/aromatic N) is 1. The van der Waals surface area contributed by atoms with Gasteiger partial charge in [-0.05, 0) is 36.2 Å². The number of carbonyl (C=O) groups excluding carboxylic acids is 2. The summed E-state index contributed by atoms with van der Waals surface area (Å²) in [6, 6.07) is 14.1. The highest BCUT2D eigenvalue weighted by atomic mass is 35.5. The molecule has 0 fully saturated rings. The van der Waals surface area contributed by atoms with E-state index in [0.717, 1.165) is 10.4 Å². The quantitative estimate of drug-likeness (QED) is 0.275. The Kier molecular flexibility index (Phi) is 6.95. The van der Waals surface area contributed by atoms with Crippen molar-refractivity contribution in [3.8, 4) is 17.4 Å². The first-order valence-corrected chi connectivity index (χ1v) is 10.5. The number of nitriles is 1. The Morgan fingerprint density at radius 1 is 1.26 bits per heavy atom. The smallest absolute Gasteiger partial charge is 0.340 e. The number of thiophene rings is 1. The van der Waals surface area contributed by atoms with E-state index in [-0.39, 0.29) is 17.1 Å². The Balaban J connectivity index is 1.85. The number of ether oxygens (including phenoxy) is 1. The van der Waals surface area contributed by atoms with Gasteiger partial charge in [0.15, 0.2) is 0 Å². The Bertz CT molecular complexity index is 1200. The van der Waals surface area contributed by atoms with Gasteiger partial charge in [-0.1, -0.05) is 37.6 Å². The predicted octanol–water partition coefficient (Wildman–Crippen LogP) is 6.12. The van der Waals surface area contributed by atoms with Crippen LogP contribution >= 0.6 is 22.9 Å². The van der Waals surface area contributed by atoms with Crippen LogP contribution in [0.4, 0.5) is 5.00 Å². The molecule has 2 heterocycles. The Hall–Kier alpha value is -3.34. The number of furan rings is 1. The van der Waals surface area contributed by atoms with Crippen LogP contribution in [0, 0.1) is 11.3 Å². The standard InChI is InChI=1S/C23H19ClN2O4S/c1-13(2)20-11-18(23(28)29-3)22(31-20)26-21(27)15(12-25)10-17-7-8-19(30-17)14-5-4-6-16(24)9-14/h4-11,13H,1-3H3,(H,26,27)/b15-10+. The Labute approximate surface area is 188 Å². The van der Waals surface area contributed by atoms with Crippen LogP contribution in [0.2, 0.25) is 5.02 Å². The van der Waals surface area contributed by atoms with Crippen molar-refractivity contribution in [3.63, 3.8) is 0 Å². The summed E-state index contributed by atoms with van der Waals surface area (Å²) in [6.45, 7) is 3.96. The average molecular weight is 455 g/mol. The van der Waals surface area contributed by atoms with Gasteiger partial charge in [-0.15, -0.1) is 11.3 Å². The molecule has 0 unspecified atom stereocenters. The molecule has 0 spiro atoms. The minimum Gasteiger partial charge on any atom is -0.465 e. The molecule has 1 N–H and O–H groups in total. The Morgan fingerprint density at radius 2 is 2.03 bits per heavy atom. The largest absolute Gasteiger partial charge is 0.465 e. The second kappa shape index (κ2) is 9.65. The molecule has 3 rings (SSSR count). The normalized spacial score (nSPS) is 11.3. The lowest BCUT2D eigenvalue weighted by atomic mass is 10.1. The van der Waals surface area contributed by atoms with Crippen molar-refractivity contribution in [1.82, 2.24) is 0 Å². The van der Waals surface area contributed by atoms with E-state index in [4.69, 9.17) is 20.8 Å². The van der Waals surface area contributed by atoms with Crippen LogP contribution in [0.25, 0.3) is 17.4 Å². The first kappa shape index (κ1) is 22.3. The summed E-state index contributed by atoms with van der Waals surface area (Å²) in [6.07, 6.45) is 1.35. The van der Waals surface area contributed by atoms with Crippen molar-refractivity contribution in [1.29, 1.82) is 5.26 Å². The molecule has 2 aromatic heterocycles. The molecule has 1 amide bonds. The molecular weight excluding hydrogens is 436 g/mol. The van der Waals surface area contributed by atoms with E-state index in [9.17, 15) is 14.9 Å². The fourth-order valence-electron chi connectivity index (χ4n) is 2.74. The maximum atomic E-state index is 12.7. The second-order valence-electron chi connectivity index (χ2n) is 6.87. The van der Waals surface area contributed by atoms with Crippen molar-refractivity contribution < 1.29 is 18.7 Å². The molecule has 0 saturated carbocycles. The number of benzene rings is 1. The van der Waals surface area contributed by atoms with Crippen LogP contribution in [0.1, 0.15) is 40.8 Å². The predicted molar refractivity (Wildman–Crippen MR) is 121 cm³/mol. The van der Waals surface area contributed by atoms with E-state index < -0.39 is 11.9 Å². The number of esters is 1. The van der Waals surface area contributed by atoms with Crippen LogP contribution in [-0.2, 0) is 9.53 Å². The molecule has 0 saturated heterocycles. The van der Waals surface area contributed by atoms with Gasteiger partial charge in [-0.2, -0.15) is 5.26 Å². The first-order valence-electron chi connectivity index (χ1n) is 9.33. The maximum absolute atomic E-state index is 12.7. The fraction of sp³-hybridized carbons (Fsp3) is 0.174. The summed E-state index contributed by atoms with van der Waals surface area (Å²) in [4.78, 5) is 25.7. The molecule has 0 aliphatic rings. The van der Waals surface area contributed by atoms with Gasteiger partial charge in [0.1, 0.15) is 28.2 Å². The summed E-state index contributed by atoms with van der Waals surface area (Å²) in [5, 5.41) is 13.0. The van der Waals surface area contributed by atoms with Crippen LogP contribution in [0.15, 0.2) is 52.5 Å². The lowest BCUT2D eigenvalue weighted by Crippen LogP contribution is -2.15.